The Labute approximate surface area is 184 Å². The molecule has 9 heteroatoms. The normalized spacial score (nSPS) is 36.6. The van der Waals surface area contributed by atoms with Gasteiger partial charge in [-0.1, -0.05) is 19.9 Å². The fraction of sp³-hybridized carbons (Fsp3) is 0.652. The van der Waals surface area contributed by atoms with E-state index in [1.807, 2.05) is 6.92 Å². The summed E-state index contributed by atoms with van der Waals surface area (Å²) in [6.07, 6.45) is -3.10. The first-order chi connectivity index (χ1) is 15.0. The Hall–Kier alpha value is -2.29. The minimum atomic E-state index is -4.52. The maximum absolute atomic E-state index is 12.9. The van der Waals surface area contributed by atoms with E-state index in [-0.39, 0.29) is 41.6 Å². The van der Waals surface area contributed by atoms with Crippen LogP contribution in [0.2, 0.25) is 0 Å². The number of carbonyl (C=O) groups excluding carboxylic acids is 2. The van der Waals surface area contributed by atoms with Gasteiger partial charge in [0.05, 0.1) is 18.6 Å². The van der Waals surface area contributed by atoms with Crippen LogP contribution in [-0.2, 0) is 20.4 Å². The molecule has 2 aliphatic carbocycles. The highest BCUT2D eigenvalue weighted by molar-refractivity contribution is 5.84. The number of halogens is 3. The molecule has 6 atom stereocenters. The number of rotatable bonds is 3. The van der Waals surface area contributed by atoms with E-state index in [1.165, 1.54) is 12.1 Å². The highest BCUT2D eigenvalue weighted by atomic mass is 19.4. The second-order valence-electron chi connectivity index (χ2n) is 9.77. The quantitative estimate of drug-likeness (QED) is 0.642. The standard InChI is InChI=1S/C23H28F3NO5/c1-21-9-8-18(32-20(30)27-14-5-3-4-13(10-14)23(24,25)26)22(2,12-28)17(21)7-6-16-15(21)11-19(29)31-16/h3-5,10,15-18,28H,6-9,11-12H2,1-2H3,(H,27,30)/t15-,16-,17?,18-,21+,22+/m1/s1. The van der Waals surface area contributed by atoms with Crippen molar-refractivity contribution in [3.8, 4) is 0 Å². The van der Waals surface area contributed by atoms with Crippen LogP contribution >= 0.6 is 0 Å². The van der Waals surface area contributed by atoms with Crippen molar-refractivity contribution in [2.45, 2.75) is 64.3 Å². The lowest BCUT2D eigenvalue weighted by atomic mass is 9.46. The second-order valence-corrected chi connectivity index (χ2v) is 9.77. The van der Waals surface area contributed by atoms with Crippen molar-refractivity contribution in [1.29, 1.82) is 0 Å². The van der Waals surface area contributed by atoms with Crippen LogP contribution in [0, 0.1) is 22.7 Å². The summed E-state index contributed by atoms with van der Waals surface area (Å²) in [5, 5.41) is 12.7. The molecule has 4 rings (SSSR count). The third-order valence-electron chi connectivity index (χ3n) is 8.00. The third-order valence-corrected chi connectivity index (χ3v) is 8.00. The number of nitrogens with one attached hydrogen (secondary N) is 1. The number of alkyl halides is 3. The number of benzene rings is 1. The summed E-state index contributed by atoms with van der Waals surface area (Å²) in [6.45, 7) is 3.81. The lowest BCUT2D eigenvalue weighted by Crippen LogP contribution is -2.59. The predicted octanol–water partition coefficient (Wildman–Crippen LogP) is 4.76. The molecule has 1 saturated heterocycles. The zero-order valence-electron chi connectivity index (χ0n) is 18.1. The molecule has 2 saturated carbocycles. The maximum Gasteiger partial charge on any atom is 0.416 e. The first kappa shape index (κ1) is 22.9. The summed E-state index contributed by atoms with van der Waals surface area (Å²) >= 11 is 0. The summed E-state index contributed by atoms with van der Waals surface area (Å²) in [4.78, 5) is 24.5. The zero-order valence-corrected chi connectivity index (χ0v) is 18.1. The van der Waals surface area contributed by atoms with E-state index < -0.39 is 29.4 Å². The first-order valence-corrected chi connectivity index (χ1v) is 10.9. The highest BCUT2D eigenvalue weighted by Gasteiger charge is 2.62. The third kappa shape index (κ3) is 3.84. The number of carbonyl (C=O) groups is 2. The van der Waals surface area contributed by atoms with E-state index in [0.717, 1.165) is 18.6 Å². The van der Waals surface area contributed by atoms with Crippen LogP contribution in [0.4, 0.5) is 23.7 Å². The number of aliphatic hydroxyl groups excluding tert-OH is 1. The number of hydrogen-bond donors (Lipinski definition) is 2. The van der Waals surface area contributed by atoms with Crippen LogP contribution in [0.25, 0.3) is 0 Å². The second kappa shape index (κ2) is 7.93. The van der Waals surface area contributed by atoms with Crippen LogP contribution in [0.1, 0.15) is 51.5 Å². The molecule has 1 unspecified atom stereocenters. The monoisotopic (exact) mass is 455 g/mol. The number of anilines is 1. The number of esters is 1. The Morgan fingerprint density at radius 3 is 2.72 bits per heavy atom. The van der Waals surface area contributed by atoms with Crippen LogP contribution in [0.5, 0.6) is 0 Å². The Morgan fingerprint density at radius 1 is 1.28 bits per heavy atom. The summed E-state index contributed by atoms with van der Waals surface area (Å²) in [7, 11) is 0. The first-order valence-electron chi connectivity index (χ1n) is 10.9. The lowest BCUT2D eigenvalue weighted by Gasteiger charge is -2.59. The Bertz CT molecular complexity index is 906. The maximum atomic E-state index is 12.9. The summed E-state index contributed by atoms with van der Waals surface area (Å²) in [5.41, 5.74) is -1.86. The van der Waals surface area contributed by atoms with Crippen molar-refractivity contribution in [2.24, 2.45) is 22.7 Å². The van der Waals surface area contributed by atoms with Crippen LogP contribution in [-0.4, -0.2) is 36.0 Å². The lowest BCUT2D eigenvalue weighted by molar-refractivity contribution is -0.174. The average Bonchev–Trinajstić information content (AvgIpc) is 3.11. The van der Waals surface area contributed by atoms with Gasteiger partial charge in [0.15, 0.2) is 0 Å². The van der Waals surface area contributed by atoms with Crippen LogP contribution in [0.3, 0.4) is 0 Å². The van der Waals surface area contributed by atoms with E-state index in [2.05, 4.69) is 12.2 Å². The molecule has 1 heterocycles. The molecular weight excluding hydrogens is 427 g/mol. The molecule has 0 aromatic heterocycles. The van der Waals surface area contributed by atoms with Gasteiger partial charge in [-0.05, 0) is 55.2 Å². The Kier molecular flexibility index (Phi) is 5.68. The molecule has 1 aromatic carbocycles. The molecule has 176 valence electrons. The van der Waals surface area contributed by atoms with E-state index in [9.17, 15) is 27.9 Å². The zero-order chi connectivity index (χ0) is 23.3. The van der Waals surface area contributed by atoms with Gasteiger partial charge in [-0.3, -0.25) is 10.1 Å². The Morgan fingerprint density at radius 2 is 2.03 bits per heavy atom. The molecule has 6 nitrogen and oxygen atoms in total. The van der Waals surface area contributed by atoms with Crippen LogP contribution in [0.15, 0.2) is 24.3 Å². The molecule has 0 spiro atoms. The van der Waals surface area contributed by atoms with Gasteiger partial charge in [-0.15, -0.1) is 0 Å². The van der Waals surface area contributed by atoms with Crippen molar-refractivity contribution in [3.05, 3.63) is 29.8 Å². The highest BCUT2D eigenvalue weighted by Crippen LogP contribution is 2.62. The molecule has 2 N–H and O–H groups in total. The van der Waals surface area contributed by atoms with Crippen molar-refractivity contribution in [1.82, 2.24) is 0 Å². The van der Waals surface area contributed by atoms with Gasteiger partial charge in [-0.2, -0.15) is 13.2 Å². The van der Waals surface area contributed by atoms with Crippen molar-refractivity contribution in [2.75, 3.05) is 11.9 Å². The molecule has 1 aliphatic heterocycles. The SMILES string of the molecule is C[C@]1(CO)C2CC[C@H]3OC(=O)C[C@H]3[C@]2(C)CC[C@H]1OC(=O)Nc1cccc(C(F)(F)F)c1. The van der Waals surface area contributed by atoms with E-state index >= 15 is 0 Å². The molecule has 1 aromatic rings. The minimum absolute atomic E-state index is 0.0101. The van der Waals surface area contributed by atoms with Gasteiger partial charge in [0, 0.05) is 17.0 Å². The van der Waals surface area contributed by atoms with Gasteiger partial charge in [-0.25, -0.2) is 4.79 Å². The number of fused-ring (bicyclic) bond motifs is 3. The number of amides is 1. The van der Waals surface area contributed by atoms with Gasteiger partial charge < -0.3 is 14.6 Å². The van der Waals surface area contributed by atoms with Crippen LogP contribution < -0.4 is 5.32 Å². The van der Waals surface area contributed by atoms with E-state index in [4.69, 9.17) is 9.47 Å². The fourth-order valence-corrected chi connectivity index (χ4v) is 6.34. The van der Waals surface area contributed by atoms with Gasteiger partial charge in [0.2, 0.25) is 0 Å². The van der Waals surface area contributed by atoms with Crippen molar-refractivity contribution < 1.29 is 37.3 Å². The fourth-order valence-electron chi connectivity index (χ4n) is 6.34. The topological polar surface area (TPSA) is 84.9 Å². The average molecular weight is 455 g/mol. The molecule has 3 aliphatic rings. The van der Waals surface area contributed by atoms with Crippen molar-refractivity contribution in [3.63, 3.8) is 0 Å². The van der Waals surface area contributed by atoms with Gasteiger partial charge in [0.25, 0.3) is 0 Å². The molecule has 3 fully saturated rings. The smallest absolute Gasteiger partial charge is 0.416 e. The predicted molar refractivity (Wildman–Crippen MR) is 109 cm³/mol. The van der Waals surface area contributed by atoms with Gasteiger partial charge >= 0.3 is 18.2 Å². The number of hydrogen-bond acceptors (Lipinski definition) is 5. The number of aliphatic hydroxyl groups is 1. The molecule has 0 radical (unpaired) electrons. The molecule has 1 amide bonds. The largest absolute Gasteiger partial charge is 0.462 e. The summed E-state index contributed by atoms with van der Waals surface area (Å²) in [6, 6.07) is 4.35. The van der Waals surface area contributed by atoms with Crippen molar-refractivity contribution >= 4 is 17.7 Å². The van der Waals surface area contributed by atoms with E-state index in [1.54, 1.807) is 0 Å². The Balaban J connectivity index is 1.49. The summed E-state index contributed by atoms with van der Waals surface area (Å²) in [5.74, 6) is -0.109. The molecular formula is C23H28F3NO5. The molecule has 32 heavy (non-hydrogen) atoms. The van der Waals surface area contributed by atoms with Gasteiger partial charge in [0.1, 0.15) is 12.2 Å². The van der Waals surface area contributed by atoms with E-state index in [0.29, 0.717) is 25.7 Å². The minimum Gasteiger partial charge on any atom is -0.462 e. The molecule has 0 bridgehead atoms. The summed E-state index contributed by atoms with van der Waals surface area (Å²) < 4.78 is 50.0. The number of ether oxygens (including phenoxy) is 2.